The van der Waals surface area contributed by atoms with Gasteiger partial charge in [-0.1, -0.05) is 170 Å². The summed E-state index contributed by atoms with van der Waals surface area (Å²) in [6.07, 6.45) is 2.19. The van der Waals surface area contributed by atoms with E-state index in [1.807, 2.05) is 109 Å². The molecule has 6 aromatic carbocycles. The highest BCUT2D eigenvalue weighted by Gasteiger charge is 2.29. The molecule has 0 bridgehead atoms. The van der Waals surface area contributed by atoms with Crippen LogP contribution in [0.25, 0.3) is 22.8 Å². The maximum absolute atomic E-state index is 14.1. The first-order chi connectivity index (χ1) is 22.1. The third kappa shape index (κ3) is 7.10. The van der Waals surface area contributed by atoms with Crippen LogP contribution in [-0.2, 0) is 10.0 Å². The molecule has 6 aromatic rings. The molecular weight excluding hydrogens is 571 g/mol. The average Bonchev–Trinajstić information content (AvgIpc) is 3.11. The molecule has 0 amide bonds. The van der Waals surface area contributed by atoms with Crippen molar-refractivity contribution in [1.82, 2.24) is 4.72 Å². The standard InChI is InChI=1S/C41H33NO2S/c43-45(44,37-29-17-6-18-30-37)42-41(36-27-15-5-16-28-36)40(35-25-13-4-14-26-35)39(34-23-11-3-12-24-34)38(33-21-9-2-10-22-33)31-32-19-7-1-8-20-32/h1-31,41-42H/b38-31+,40-39+. The van der Waals surface area contributed by atoms with Gasteiger partial charge in [-0.15, -0.1) is 0 Å². The second-order valence-electron chi connectivity index (χ2n) is 10.6. The van der Waals surface area contributed by atoms with Gasteiger partial charge in [-0.05, 0) is 62.7 Å². The molecule has 1 N–H and O–H groups in total. The van der Waals surface area contributed by atoms with Crippen LogP contribution in [0.5, 0.6) is 0 Å². The Morgan fingerprint density at radius 2 is 0.911 bits per heavy atom. The lowest BCUT2D eigenvalue weighted by molar-refractivity contribution is 0.576. The Morgan fingerprint density at radius 3 is 1.44 bits per heavy atom. The Hall–Kier alpha value is -5.29. The topological polar surface area (TPSA) is 46.2 Å². The Labute approximate surface area is 265 Å². The van der Waals surface area contributed by atoms with Crippen molar-refractivity contribution in [2.24, 2.45) is 0 Å². The largest absolute Gasteiger partial charge is 0.241 e. The fourth-order valence-corrected chi connectivity index (χ4v) is 6.75. The highest BCUT2D eigenvalue weighted by atomic mass is 32.2. The van der Waals surface area contributed by atoms with Crippen molar-refractivity contribution in [2.75, 3.05) is 0 Å². The minimum absolute atomic E-state index is 0.211. The average molecular weight is 604 g/mol. The van der Waals surface area contributed by atoms with Gasteiger partial charge in [0.05, 0.1) is 10.9 Å². The molecule has 0 radical (unpaired) electrons. The molecule has 0 saturated heterocycles. The van der Waals surface area contributed by atoms with Gasteiger partial charge >= 0.3 is 0 Å². The van der Waals surface area contributed by atoms with Crippen LogP contribution < -0.4 is 4.72 Å². The summed E-state index contributed by atoms with van der Waals surface area (Å²) in [6, 6.07) is 58.4. The number of hydrogen-bond donors (Lipinski definition) is 1. The Balaban J connectivity index is 1.73. The summed E-state index contributed by atoms with van der Waals surface area (Å²) < 4.78 is 31.3. The smallest absolute Gasteiger partial charge is 0.207 e. The molecule has 0 aromatic heterocycles. The second-order valence-corrected chi connectivity index (χ2v) is 12.3. The van der Waals surface area contributed by atoms with Crippen LogP contribution in [0.2, 0.25) is 0 Å². The van der Waals surface area contributed by atoms with E-state index < -0.39 is 16.1 Å². The van der Waals surface area contributed by atoms with E-state index in [4.69, 9.17) is 0 Å². The van der Waals surface area contributed by atoms with E-state index in [2.05, 4.69) is 59.3 Å². The van der Waals surface area contributed by atoms with Gasteiger partial charge in [0.15, 0.2) is 0 Å². The molecule has 3 nitrogen and oxygen atoms in total. The summed E-state index contributed by atoms with van der Waals surface area (Å²) in [5, 5.41) is 0. The molecule has 6 rings (SSSR count). The Bertz CT molecular complexity index is 1990. The summed E-state index contributed by atoms with van der Waals surface area (Å²) in [5.74, 6) is 0. The predicted octanol–water partition coefficient (Wildman–Crippen LogP) is 9.56. The van der Waals surface area contributed by atoms with E-state index in [0.29, 0.717) is 0 Å². The minimum atomic E-state index is -3.93. The molecule has 0 spiro atoms. The van der Waals surface area contributed by atoms with Crippen LogP contribution in [0.15, 0.2) is 187 Å². The lowest BCUT2D eigenvalue weighted by atomic mass is 9.81. The number of nitrogens with one attached hydrogen (secondary N) is 1. The van der Waals surface area contributed by atoms with Crippen molar-refractivity contribution in [3.63, 3.8) is 0 Å². The molecule has 0 saturated carbocycles. The van der Waals surface area contributed by atoms with Gasteiger partial charge in [0, 0.05) is 0 Å². The van der Waals surface area contributed by atoms with Crippen LogP contribution >= 0.6 is 0 Å². The zero-order valence-corrected chi connectivity index (χ0v) is 25.5. The van der Waals surface area contributed by atoms with Crippen LogP contribution in [0.4, 0.5) is 0 Å². The summed E-state index contributed by atoms with van der Waals surface area (Å²) in [6.45, 7) is 0. The minimum Gasteiger partial charge on any atom is -0.207 e. The van der Waals surface area contributed by atoms with E-state index >= 15 is 0 Å². The van der Waals surface area contributed by atoms with Gasteiger partial charge < -0.3 is 0 Å². The third-order valence-electron chi connectivity index (χ3n) is 7.63. The number of benzene rings is 6. The highest BCUT2D eigenvalue weighted by molar-refractivity contribution is 7.89. The van der Waals surface area contributed by atoms with E-state index in [-0.39, 0.29) is 4.90 Å². The first kappa shape index (κ1) is 29.8. The highest BCUT2D eigenvalue weighted by Crippen LogP contribution is 2.44. The molecule has 220 valence electrons. The van der Waals surface area contributed by atoms with Crippen molar-refractivity contribution in [1.29, 1.82) is 0 Å². The lowest BCUT2D eigenvalue weighted by Gasteiger charge is -2.28. The molecule has 0 aliphatic carbocycles. The molecule has 0 heterocycles. The van der Waals surface area contributed by atoms with E-state index in [1.54, 1.807) is 24.3 Å². The zero-order chi connectivity index (χ0) is 30.9. The molecule has 4 heteroatoms. The van der Waals surface area contributed by atoms with Crippen molar-refractivity contribution in [3.8, 4) is 0 Å². The number of allylic oxidation sites excluding steroid dienone is 2. The Kier molecular flexibility index (Phi) is 9.26. The van der Waals surface area contributed by atoms with Gasteiger partial charge in [-0.2, -0.15) is 4.72 Å². The zero-order valence-electron chi connectivity index (χ0n) is 24.7. The SMILES string of the molecule is O=S(=O)(NC(/C(=C(/C(=C/c1ccccc1)c1ccccc1)c1ccccc1)c1ccccc1)c1ccccc1)c1ccccc1. The fraction of sp³-hybridized carbons (Fsp3) is 0.0244. The Morgan fingerprint density at radius 1 is 0.489 bits per heavy atom. The quantitative estimate of drug-likeness (QED) is 0.125. The van der Waals surface area contributed by atoms with Gasteiger partial charge in [0.25, 0.3) is 0 Å². The summed E-state index contributed by atoms with van der Waals surface area (Å²) >= 11 is 0. The monoisotopic (exact) mass is 603 g/mol. The van der Waals surface area contributed by atoms with Crippen molar-refractivity contribution < 1.29 is 8.42 Å². The van der Waals surface area contributed by atoms with E-state index in [9.17, 15) is 8.42 Å². The lowest BCUT2D eigenvalue weighted by Crippen LogP contribution is -2.30. The number of hydrogen-bond acceptors (Lipinski definition) is 2. The van der Waals surface area contributed by atoms with Crippen LogP contribution in [0.1, 0.15) is 33.9 Å². The van der Waals surface area contributed by atoms with Gasteiger partial charge in [-0.3, -0.25) is 0 Å². The molecule has 0 fully saturated rings. The second kappa shape index (κ2) is 14.0. The fourth-order valence-electron chi connectivity index (χ4n) is 5.53. The maximum atomic E-state index is 14.1. The summed E-state index contributed by atoms with van der Waals surface area (Å²) in [7, 11) is -3.93. The molecule has 45 heavy (non-hydrogen) atoms. The van der Waals surface area contributed by atoms with Crippen LogP contribution in [0, 0.1) is 0 Å². The molecule has 1 unspecified atom stereocenters. The van der Waals surface area contributed by atoms with Crippen molar-refractivity contribution in [2.45, 2.75) is 10.9 Å². The van der Waals surface area contributed by atoms with Crippen molar-refractivity contribution in [3.05, 3.63) is 210 Å². The maximum Gasteiger partial charge on any atom is 0.241 e. The number of sulfonamides is 1. The molecule has 0 aliphatic rings. The van der Waals surface area contributed by atoms with Gasteiger partial charge in [0.2, 0.25) is 10.0 Å². The van der Waals surface area contributed by atoms with Crippen LogP contribution in [0.3, 0.4) is 0 Å². The van der Waals surface area contributed by atoms with E-state index in [1.165, 1.54) is 0 Å². The molecule has 1 atom stereocenters. The van der Waals surface area contributed by atoms with E-state index in [0.717, 1.165) is 44.5 Å². The summed E-state index contributed by atoms with van der Waals surface area (Å²) in [5.41, 5.74) is 7.53. The summed E-state index contributed by atoms with van der Waals surface area (Å²) in [4.78, 5) is 0.211. The third-order valence-corrected chi connectivity index (χ3v) is 9.07. The van der Waals surface area contributed by atoms with Crippen LogP contribution in [-0.4, -0.2) is 8.42 Å². The molecular formula is C41H33NO2S. The first-order valence-electron chi connectivity index (χ1n) is 14.9. The molecule has 0 aliphatic heterocycles. The first-order valence-corrected chi connectivity index (χ1v) is 16.4. The van der Waals surface area contributed by atoms with Gasteiger partial charge in [0.1, 0.15) is 0 Å². The van der Waals surface area contributed by atoms with Crippen molar-refractivity contribution >= 4 is 32.8 Å². The number of rotatable bonds is 10. The van der Waals surface area contributed by atoms with Gasteiger partial charge in [-0.25, -0.2) is 8.42 Å². The predicted molar refractivity (Wildman–Crippen MR) is 186 cm³/mol. The normalized spacial score (nSPS) is 13.1.